The van der Waals surface area contributed by atoms with E-state index < -0.39 is 0 Å². The van der Waals surface area contributed by atoms with E-state index in [9.17, 15) is 5.11 Å². The van der Waals surface area contributed by atoms with Crippen LogP contribution in [0, 0.1) is 6.92 Å². The molecule has 2 rings (SSSR count). The molecule has 0 radical (unpaired) electrons. The predicted octanol–water partition coefficient (Wildman–Crippen LogP) is 2.81. The van der Waals surface area contributed by atoms with E-state index in [0.717, 1.165) is 5.69 Å². The number of phenolic OH excluding ortho intramolecular Hbond substituents is 1. The lowest BCUT2D eigenvalue weighted by atomic mass is 10.1. The minimum Gasteiger partial charge on any atom is -0.507 e. The summed E-state index contributed by atoms with van der Waals surface area (Å²) in [6.07, 6.45) is 3.28. The summed E-state index contributed by atoms with van der Waals surface area (Å²) in [6, 6.07) is 4.91. The van der Waals surface area contributed by atoms with Gasteiger partial charge in [-0.2, -0.15) is 0 Å². The van der Waals surface area contributed by atoms with Crippen LogP contribution >= 0.6 is 11.6 Å². The Hall–Kier alpha value is -1.61. The molecule has 0 aliphatic heterocycles. The SMILES string of the molecule is Cc1cnc(-c2ccc(Cl)cc2O)cn1. The highest BCUT2D eigenvalue weighted by atomic mass is 35.5. The number of hydrogen-bond donors (Lipinski definition) is 1. The molecule has 1 N–H and O–H groups in total. The zero-order valence-electron chi connectivity index (χ0n) is 8.11. The minimum atomic E-state index is 0.112. The highest BCUT2D eigenvalue weighted by molar-refractivity contribution is 6.30. The maximum Gasteiger partial charge on any atom is 0.126 e. The van der Waals surface area contributed by atoms with Crippen LogP contribution in [0.3, 0.4) is 0 Å². The van der Waals surface area contributed by atoms with Crippen LogP contribution in [-0.4, -0.2) is 15.1 Å². The average molecular weight is 221 g/mol. The lowest BCUT2D eigenvalue weighted by molar-refractivity contribution is 0.477. The standard InChI is InChI=1S/C11H9ClN2O/c1-7-5-14-10(6-13-7)9-3-2-8(12)4-11(9)15/h2-6,15H,1H3. The Morgan fingerprint density at radius 3 is 2.60 bits per heavy atom. The fourth-order valence-electron chi connectivity index (χ4n) is 1.25. The molecular formula is C11H9ClN2O. The first-order valence-electron chi connectivity index (χ1n) is 4.44. The third kappa shape index (κ3) is 2.07. The summed E-state index contributed by atoms with van der Waals surface area (Å²) in [5.41, 5.74) is 2.11. The van der Waals surface area contributed by atoms with Gasteiger partial charge in [-0.25, -0.2) is 0 Å². The third-order valence-corrected chi connectivity index (χ3v) is 2.25. The van der Waals surface area contributed by atoms with Crippen molar-refractivity contribution in [3.8, 4) is 17.0 Å². The van der Waals surface area contributed by atoms with E-state index >= 15 is 0 Å². The zero-order valence-corrected chi connectivity index (χ0v) is 8.86. The second-order valence-corrected chi connectivity index (χ2v) is 3.64. The Balaban J connectivity index is 2.49. The maximum atomic E-state index is 9.66. The molecule has 0 bridgehead atoms. The zero-order chi connectivity index (χ0) is 10.8. The smallest absolute Gasteiger partial charge is 0.126 e. The number of aromatic nitrogens is 2. The van der Waals surface area contributed by atoms with Crippen molar-refractivity contribution in [1.82, 2.24) is 9.97 Å². The van der Waals surface area contributed by atoms with Crippen LogP contribution in [0.25, 0.3) is 11.3 Å². The second kappa shape index (κ2) is 3.87. The fraction of sp³-hybridized carbons (Fsp3) is 0.0909. The van der Waals surface area contributed by atoms with Gasteiger partial charge in [0, 0.05) is 16.8 Å². The summed E-state index contributed by atoms with van der Waals surface area (Å²) in [5.74, 6) is 0.112. The highest BCUT2D eigenvalue weighted by Crippen LogP contribution is 2.29. The van der Waals surface area contributed by atoms with Crippen molar-refractivity contribution < 1.29 is 5.11 Å². The molecule has 0 saturated carbocycles. The molecule has 76 valence electrons. The summed E-state index contributed by atoms with van der Waals surface area (Å²) < 4.78 is 0. The maximum absolute atomic E-state index is 9.66. The molecule has 1 heterocycles. The molecular weight excluding hydrogens is 212 g/mol. The highest BCUT2D eigenvalue weighted by Gasteiger charge is 2.05. The van der Waals surface area contributed by atoms with Gasteiger partial charge in [-0.3, -0.25) is 9.97 Å². The van der Waals surface area contributed by atoms with E-state index in [1.807, 2.05) is 6.92 Å². The Morgan fingerprint density at radius 2 is 2.00 bits per heavy atom. The minimum absolute atomic E-state index is 0.112. The van der Waals surface area contributed by atoms with Crippen molar-refractivity contribution >= 4 is 11.6 Å². The summed E-state index contributed by atoms with van der Waals surface area (Å²) in [6.45, 7) is 1.86. The fourth-order valence-corrected chi connectivity index (χ4v) is 1.42. The molecule has 2 aromatic rings. The lowest BCUT2D eigenvalue weighted by Crippen LogP contribution is -1.88. The number of hydrogen-bond acceptors (Lipinski definition) is 3. The van der Waals surface area contributed by atoms with E-state index in [2.05, 4.69) is 9.97 Å². The van der Waals surface area contributed by atoms with Crippen LogP contribution in [0.4, 0.5) is 0 Å². The first kappa shape index (κ1) is 9.93. The van der Waals surface area contributed by atoms with E-state index in [1.165, 1.54) is 6.07 Å². The van der Waals surface area contributed by atoms with Crippen LogP contribution in [0.5, 0.6) is 5.75 Å². The van der Waals surface area contributed by atoms with Gasteiger partial charge < -0.3 is 5.11 Å². The van der Waals surface area contributed by atoms with E-state index in [0.29, 0.717) is 16.3 Å². The monoisotopic (exact) mass is 220 g/mol. The van der Waals surface area contributed by atoms with Crippen molar-refractivity contribution in [2.75, 3.05) is 0 Å². The van der Waals surface area contributed by atoms with Gasteiger partial charge >= 0.3 is 0 Å². The normalized spacial score (nSPS) is 10.3. The number of rotatable bonds is 1. The molecule has 0 amide bonds. The molecule has 0 fully saturated rings. The van der Waals surface area contributed by atoms with Gasteiger partial charge in [-0.1, -0.05) is 11.6 Å². The Morgan fingerprint density at radius 1 is 1.20 bits per heavy atom. The van der Waals surface area contributed by atoms with Crippen LogP contribution in [0.1, 0.15) is 5.69 Å². The quantitative estimate of drug-likeness (QED) is 0.804. The van der Waals surface area contributed by atoms with Crippen molar-refractivity contribution in [2.45, 2.75) is 6.92 Å². The van der Waals surface area contributed by atoms with Crippen LogP contribution in [-0.2, 0) is 0 Å². The number of benzene rings is 1. The molecule has 3 nitrogen and oxygen atoms in total. The Labute approximate surface area is 92.4 Å². The van der Waals surface area contributed by atoms with Crippen LogP contribution in [0.2, 0.25) is 5.02 Å². The summed E-state index contributed by atoms with van der Waals surface area (Å²) in [5, 5.41) is 10.2. The van der Waals surface area contributed by atoms with E-state index in [4.69, 9.17) is 11.6 Å². The van der Waals surface area contributed by atoms with Gasteiger partial charge in [0.25, 0.3) is 0 Å². The van der Waals surface area contributed by atoms with Crippen molar-refractivity contribution in [3.63, 3.8) is 0 Å². The second-order valence-electron chi connectivity index (χ2n) is 3.20. The van der Waals surface area contributed by atoms with Gasteiger partial charge in [-0.15, -0.1) is 0 Å². The number of nitrogens with zero attached hydrogens (tertiary/aromatic N) is 2. The Kier molecular flexibility index (Phi) is 2.56. The van der Waals surface area contributed by atoms with Crippen molar-refractivity contribution in [3.05, 3.63) is 41.3 Å². The molecule has 1 aromatic carbocycles. The largest absolute Gasteiger partial charge is 0.507 e. The number of aromatic hydroxyl groups is 1. The molecule has 0 saturated heterocycles. The van der Waals surface area contributed by atoms with E-state index in [-0.39, 0.29) is 5.75 Å². The van der Waals surface area contributed by atoms with Gasteiger partial charge in [0.2, 0.25) is 0 Å². The van der Waals surface area contributed by atoms with Crippen LogP contribution < -0.4 is 0 Å². The summed E-state index contributed by atoms with van der Waals surface area (Å²) >= 11 is 5.73. The summed E-state index contributed by atoms with van der Waals surface area (Å²) in [7, 11) is 0. The first-order valence-corrected chi connectivity index (χ1v) is 4.82. The predicted molar refractivity (Wildman–Crippen MR) is 58.9 cm³/mol. The van der Waals surface area contributed by atoms with Gasteiger partial charge in [0.05, 0.1) is 17.6 Å². The molecule has 0 aliphatic carbocycles. The topological polar surface area (TPSA) is 46.0 Å². The molecule has 4 heteroatoms. The summed E-state index contributed by atoms with van der Waals surface area (Å²) in [4.78, 5) is 8.29. The number of halogens is 1. The molecule has 0 spiro atoms. The van der Waals surface area contributed by atoms with Gasteiger partial charge in [0.15, 0.2) is 0 Å². The third-order valence-electron chi connectivity index (χ3n) is 2.02. The first-order chi connectivity index (χ1) is 7.16. The molecule has 0 aliphatic rings. The van der Waals surface area contributed by atoms with Crippen LogP contribution in [0.15, 0.2) is 30.6 Å². The molecule has 0 unspecified atom stereocenters. The lowest BCUT2D eigenvalue weighted by Gasteiger charge is -2.03. The molecule has 15 heavy (non-hydrogen) atoms. The number of aryl methyl sites for hydroxylation is 1. The van der Waals surface area contributed by atoms with Crippen molar-refractivity contribution in [2.24, 2.45) is 0 Å². The van der Waals surface area contributed by atoms with Crippen molar-refractivity contribution in [1.29, 1.82) is 0 Å². The average Bonchev–Trinajstić information content (AvgIpc) is 2.20. The van der Waals surface area contributed by atoms with E-state index in [1.54, 1.807) is 24.5 Å². The number of phenols is 1. The molecule has 0 atom stereocenters. The van der Waals surface area contributed by atoms with Gasteiger partial charge in [0.1, 0.15) is 5.75 Å². The Bertz CT molecular complexity index is 482. The van der Waals surface area contributed by atoms with Gasteiger partial charge in [-0.05, 0) is 25.1 Å². The molecule has 1 aromatic heterocycles.